The highest BCUT2D eigenvalue weighted by Crippen LogP contribution is 2.27. The summed E-state index contributed by atoms with van der Waals surface area (Å²) in [5, 5.41) is 9.83. The van der Waals surface area contributed by atoms with E-state index in [1.165, 1.54) is 24.9 Å². The molecule has 0 saturated heterocycles. The molecule has 80 valence electrons. The van der Waals surface area contributed by atoms with Gasteiger partial charge in [0.15, 0.2) is 5.76 Å². The molecule has 1 atom stereocenters. The van der Waals surface area contributed by atoms with Gasteiger partial charge in [0.25, 0.3) is 0 Å². The van der Waals surface area contributed by atoms with E-state index in [1.54, 1.807) is 6.08 Å². The lowest BCUT2D eigenvalue weighted by Crippen LogP contribution is -2.18. The second-order valence-corrected chi connectivity index (χ2v) is 3.26. The van der Waals surface area contributed by atoms with Crippen LogP contribution in [0.2, 0.25) is 0 Å². The largest absolute Gasteiger partial charge is 0.466 e. The summed E-state index contributed by atoms with van der Waals surface area (Å²) in [4.78, 5) is 0. The molecule has 0 fully saturated rings. The first-order valence-electron chi connectivity index (χ1n) is 4.69. The summed E-state index contributed by atoms with van der Waals surface area (Å²) in [6, 6.07) is 0. The lowest BCUT2D eigenvalue weighted by atomic mass is 9.98. The Kier molecular flexibility index (Phi) is 2.87. The van der Waals surface area contributed by atoms with Gasteiger partial charge in [-0.15, -0.1) is 0 Å². The van der Waals surface area contributed by atoms with Gasteiger partial charge in [-0.05, 0) is 18.9 Å². The van der Waals surface area contributed by atoms with Crippen LogP contribution in [0.5, 0.6) is 0 Å². The van der Waals surface area contributed by atoms with Gasteiger partial charge in [0.2, 0.25) is 0 Å². The third kappa shape index (κ3) is 2.10. The number of allylic oxidation sites excluding steroid dienone is 3. The normalized spacial score (nSPS) is 21.9. The van der Waals surface area contributed by atoms with Crippen molar-refractivity contribution in [1.29, 1.82) is 0 Å². The van der Waals surface area contributed by atoms with E-state index in [-0.39, 0.29) is 5.76 Å². The van der Waals surface area contributed by atoms with Crippen molar-refractivity contribution in [3.8, 4) is 0 Å². The highest BCUT2D eigenvalue weighted by atomic mass is 19.1. The zero-order valence-electron chi connectivity index (χ0n) is 8.02. The Labute approximate surface area is 86.8 Å². The molecule has 0 unspecified atom stereocenters. The molecule has 4 heteroatoms. The maximum atomic E-state index is 13.3. The number of aliphatic hydroxyl groups excluding tert-OH is 1. The van der Waals surface area contributed by atoms with Crippen LogP contribution < -0.4 is 0 Å². The Morgan fingerprint density at radius 1 is 1.40 bits per heavy atom. The lowest BCUT2D eigenvalue weighted by molar-refractivity contribution is 0.141. The van der Waals surface area contributed by atoms with Crippen molar-refractivity contribution in [2.45, 2.75) is 18.9 Å². The highest BCUT2D eigenvalue weighted by Gasteiger charge is 2.23. The Morgan fingerprint density at radius 3 is 2.93 bits per heavy atom. The zero-order valence-corrected chi connectivity index (χ0v) is 8.02. The highest BCUT2D eigenvalue weighted by molar-refractivity contribution is 5.31. The van der Waals surface area contributed by atoms with Gasteiger partial charge in [-0.1, -0.05) is 6.08 Å². The van der Waals surface area contributed by atoms with Crippen LogP contribution in [-0.4, -0.2) is 11.2 Å². The van der Waals surface area contributed by atoms with Crippen LogP contribution >= 0.6 is 0 Å². The molecule has 1 aliphatic carbocycles. The smallest absolute Gasteiger partial charge is 0.171 e. The van der Waals surface area contributed by atoms with E-state index < -0.39 is 11.9 Å². The quantitative estimate of drug-likeness (QED) is 0.759. The number of rotatable bonds is 2. The number of hydrogen-bond acceptors (Lipinski definition) is 3. The standard InChI is InChI=1S/C11H11FO3/c12-9-4-2-1-3-8(9)11(13)10-7-14-5-6-15-10/h2,4-7,11,13H,1,3H2/t11-/m0/s1. The van der Waals surface area contributed by atoms with Gasteiger partial charge in [-0.3, -0.25) is 0 Å². The molecular weight excluding hydrogens is 199 g/mol. The van der Waals surface area contributed by atoms with E-state index in [1.807, 2.05) is 0 Å². The van der Waals surface area contributed by atoms with Gasteiger partial charge < -0.3 is 14.6 Å². The second-order valence-electron chi connectivity index (χ2n) is 3.26. The molecule has 0 amide bonds. The predicted molar refractivity (Wildman–Crippen MR) is 51.9 cm³/mol. The Balaban J connectivity index is 2.16. The Morgan fingerprint density at radius 2 is 2.27 bits per heavy atom. The minimum absolute atomic E-state index is 0.206. The summed E-state index contributed by atoms with van der Waals surface area (Å²) in [6.45, 7) is 0. The van der Waals surface area contributed by atoms with E-state index >= 15 is 0 Å². The van der Waals surface area contributed by atoms with E-state index in [9.17, 15) is 9.50 Å². The molecule has 1 N–H and O–H groups in total. The van der Waals surface area contributed by atoms with Gasteiger partial charge in [-0.25, -0.2) is 4.39 Å². The fraction of sp³-hybridized carbons (Fsp3) is 0.273. The molecule has 2 rings (SSSR count). The topological polar surface area (TPSA) is 38.7 Å². The molecule has 0 radical (unpaired) electrons. The maximum Gasteiger partial charge on any atom is 0.171 e. The number of hydrogen-bond donors (Lipinski definition) is 1. The minimum atomic E-state index is -1.07. The van der Waals surface area contributed by atoms with Crippen LogP contribution in [0.1, 0.15) is 12.8 Å². The molecule has 0 aromatic heterocycles. The minimum Gasteiger partial charge on any atom is -0.466 e. The van der Waals surface area contributed by atoms with Gasteiger partial charge in [-0.2, -0.15) is 0 Å². The van der Waals surface area contributed by atoms with E-state index in [4.69, 9.17) is 9.47 Å². The van der Waals surface area contributed by atoms with Crippen LogP contribution in [0.3, 0.4) is 0 Å². The van der Waals surface area contributed by atoms with Gasteiger partial charge in [0, 0.05) is 5.57 Å². The average Bonchev–Trinajstić information content (AvgIpc) is 2.30. The van der Waals surface area contributed by atoms with Crippen LogP contribution in [0.15, 0.2) is 48.1 Å². The molecule has 3 nitrogen and oxygen atoms in total. The first-order chi connectivity index (χ1) is 7.29. The molecule has 0 spiro atoms. The fourth-order valence-electron chi connectivity index (χ4n) is 1.49. The molecule has 2 aliphatic rings. The first kappa shape index (κ1) is 9.98. The Bertz CT molecular complexity index is 366. The van der Waals surface area contributed by atoms with Crippen molar-refractivity contribution in [1.82, 2.24) is 0 Å². The summed E-state index contributed by atoms with van der Waals surface area (Å²) in [6.07, 6.45) is 7.15. The molecule has 1 aliphatic heterocycles. The number of ether oxygens (including phenoxy) is 2. The SMILES string of the molecule is O[C@H](C1=COC=CO1)C1=C(F)C=CCC1. The third-order valence-corrected chi connectivity index (χ3v) is 2.27. The first-order valence-corrected chi connectivity index (χ1v) is 4.69. The third-order valence-electron chi connectivity index (χ3n) is 2.27. The van der Waals surface area contributed by atoms with Crippen molar-refractivity contribution < 1.29 is 19.0 Å². The molecule has 0 aromatic carbocycles. The average molecular weight is 210 g/mol. The van der Waals surface area contributed by atoms with Crippen LogP contribution in [0.25, 0.3) is 0 Å². The summed E-state index contributed by atoms with van der Waals surface area (Å²) in [5.41, 5.74) is 0.336. The van der Waals surface area contributed by atoms with Crippen molar-refractivity contribution in [3.63, 3.8) is 0 Å². The summed E-state index contributed by atoms with van der Waals surface area (Å²) in [5.74, 6) is -0.189. The van der Waals surface area contributed by atoms with Crippen LogP contribution in [-0.2, 0) is 9.47 Å². The van der Waals surface area contributed by atoms with Crippen molar-refractivity contribution >= 4 is 0 Å². The maximum absolute atomic E-state index is 13.3. The van der Waals surface area contributed by atoms with Crippen molar-refractivity contribution in [3.05, 3.63) is 48.1 Å². The predicted octanol–water partition coefficient (Wildman–Crippen LogP) is 2.28. The monoisotopic (exact) mass is 210 g/mol. The van der Waals surface area contributed by atoms with Crippen LogP contribution in [0, 0.1) is 0 Å². The molecule has 0 bridgehead atoms. The molecule has 0 aromatic rings. The summed E-state index contributed by atoms with van der Waals surface area (Å²) in [7, 11) is 0. The van der Waals surface area contributed by atoms with E-state index in [2.05, 4.69) is 0 Å². The van der Waals surface area contributed by atoms with E-state index in [0.29, 0.717) is 12.0 Å². The molecule has 1 heterocycles. The molecular formula is C11H11FO3. The zero-order chi connectivity index (χ0) is 10.7. The van der Waals surface area contributed by atoms with Crippen molar-refractivity contribution in [2.24, 2.45) is 0 Å². The molecule has 15 heavy (non-hydrogen) atoms. The number of aliphatic hydroxyl groups is 1. The fourth-order valence-corrected chi connectivity index (χ4v) is 1.49. The number of halogens is 1. The lowest BCUT2D eigenvalue weighted by Gasteiger charge is -2.20. The van der Waals surface area contributed by atoms with Gasteiger partial charge >= 0.3 is 0 Å². The van der Waals surface area contributed by atoms with Crippen molar-refractivity contribution in [2.75, 3.05) is 0 Å². The second kappa shape index (κ2) is 4.31. The van der Waals surface area contributed by atoms with Gasteiger partial charge in [0.05, 0.1) is 0 Å². The van der Waals surface area contributed by atoms with Gasteiger partial charge in [0.1, 0.15) is 30.7 Å². The van der Waals surface area contributed by atoms with Crippen LogP contribution in [0.4, 0.5) is 4.39 Å². The molecule has 0 saturated carbocycles. The Hall–Kier alpha value is -1.55. The summed E-state index contributed by atoms with van der Waals surface area (Å²) < 4.78 is 23.2. The van der Waals surface area contributed by atoms with E-state index in [0.717, 1.165) is 6.42 Å². The summed E-state index contributed by atoms with van der Waals surface area (Å²) >= 11 is 0.